The minimum absolute atomic E-state index is 0.0159. The average Bonchev–Trinajstić information content (AvgIpc) is 3.30. The topological polar surface area (TPSA) is 212 Å². The van der Waals surface area contributed by atoms with Crippen LogP contribution in [0, 0.1) is 0 Å². The first-order valence-electron chi connectivity index (χ1n) is 11.3. The lowest BCUT2D eigenvalue weighted by molar-refractivity contribution is -0.169. The molecule has 18 heteroatoms. The van der Waals surface area contributed by atoms with E-state index in [-0.39, 0.29) is 41.1 Å². The monoisotopic (exact) mass is 586 g/mol. The average molecular weight is 587 g/mol. The molecule has 2 aliphatic heterocycles. The fraction of sp³-hybridized carbons (Fsp3) is 0.476. The van der Waals surface area contributed by atoms with Gasteiger partial charge in [-0.05, 0) is 6.92 Å². The lowest BCUT2D eigenvalue weighted by Crippen LogP contribution is -2.71. The lowest BCUT2D eigenvalue weighted by Gasteiger charge is -2.49. The highest BCUT2D eigenvalue weighted by molar-refractivity contribution is 8.00. The molecular formula is C21H26N6O10S2. The number of thioether (sulfide) groups is 1. The standard InChI is InChI=1S/C21H26N6O10S2/c1-5-34-21(32)37-9(2)36-18(30)14-10(6-35-20(31)26(3)4)7-38-17-13(16(29)27(14)17)24-15(28)12(25-33)11-8-39-19(22)23-11/h8-9,13,17,33H,5-7H2,1-4H3,(H2,22,23)(H,24,28)/b25-12-/t9?,13-,17-/m1/s1. The van der Waals surface area contributed by atoms with E-state index in [1.807, 2.05) is 0 Å². The third kappa shape index (κ3) is 6.69. The van der Waals surface area contributed by atoms with E-state index in [1.54, 1.807) is 6.92 Å². The molecule has 0 spiro atoms. The third-order valence-electron chi connectivity index (χ3n) is 5.14. The van der Waals surface area contributed by atoms with E-state index in [2.05, 4.69) is 20.2 Å². The van der Waals surface area contributed by atoms with Crippen molar-refractivity contribution in [2.45, 2.75) is 31.6 Å². The van der Waals surface area contributed by atoms with E-state index >= 15 is 0 Å². The van der Waals surface area contributed by atoms with Crippen molar-refractivity contribution >= 4 is 64.0 Å². The zero-order valence-corrected chi connectivity index (χ0v) is 22.9. The van der Waals surface area contributed by atoms with Crippen LogP contribution < -0.4 is 11.1 Å². The summed E-state index contributed by atoms with van der Waals surface area (Å²) in [6.07, 6.45) is -3.11. The number of nitrogens with one attached hydrogen (secondary N) is 1. The maximum absolute atomic E-state index is 13.1. The van der Waals surface area contributed by atoms with Gasteiger partial charge in [0.05, 0.1) is 6.61 Å². The molecule has 0 saturated carbocycles. The van der Waals surface area contributed by atoms with Crippen molar-refractivity contribution in [3.8, 4) is 0 Å². The van der Waals surface area contributed by atoms with Crippen LogP contribution in [0.3, 0.4) is 0 Å². The number of fused-ring (bicyclic) bond motifs is 1. The van der Waals surface area contributed by atoms with Gasteiger partial charge >= 0.3 is 18.2 Å². The number of anilines is 1. The maximum atomic E-state index is 13.1. The maximum Gasteiger partial charge on any atom is 0.511 e. The van der Waals surface area contributed by atoms with E-state index in [4.69, 9.17) is 19.9 Å². The van der Waals surface area contributed by atoms with Crippen LogP contribution in [0.1, 0.15) is 19.5 Å². The van der Waals surface area contributed by atoms with E-state index in [0.717, 1.165) is 16.2 Å². The fourth-order valence-corrected chi connectivity index (χ4v) is 5.27. The molecule has 0 radical (unpaired) electrons. The number of β-lactam (4-membered cyclic amide) rings is 1. The second-order valence-electron chi connectivity index (χ2n) is 8.06. The minimum Gasteiger partial charge on any atom is -0.445 e. The number of amides is 3. The molecule has 1 unspecified atom stereocenters. The normalized spacial score (nSPS) is 19.3. The Bertz CT molecular complexity index is 1220. The quantitative estimate of drug-likeness (QED) is 0.0677. The van der Waals surface area contributed by atoms with Crippen LogP contribution in [-0.2, 0) is 33.3 Å². The Labute approximate surface area is 230 Å². The van der Waals surface area contributed by atoms with Gasteiger partial charge in [0.25, 0.3) is 11.8 Å². The number of nitrogens with two attached hydrogens (primary N) is 1. The van der Waals surface area contributed by atoms with Crippen LogP contribution in [0.15, 0.2) is 21.8 Å². The molecule has 1 fully saturated rings. The first kappa shape index (κ1) is 29.5. The predicted octanol–water partition coefficient (Wildman–Crippen LogP) is 0.318. The van der Waals surface area contributed by atoms with E-state index < -0.39 is 53.4 Å². The summed E-state index contributed by atoms with van der Waals surface area (Å²) in [7, 11) is 2.95. The Morgan fingerprint density at radius 3 is 2.62 bits per heavy atom. The molecule has 212 valence electrons. The predicted molar refractivity (Wildman–Crippen MR) is 136 cm³/mol. The largest absolute Gasteiger partial charge is 0.511 e. The van der Waals surface area contributed by atoms with Crippen molar-refractivity contribution in [2.24, 2.45) is 5.16 Å². The molecule has 16 nitrogen and oxygen atoms in total. The van der Waals surface area contributed by atoms with Crippen molar-refractivity contribution in [3.05, 3.63) is 22.3 Å². The zero-order chi connectivity index (χ0) is 28.9. The Morgan fingerprint density at radius 1 is 1.31 bits per heavy atom. The summed E-state index contributed by atoms with van der Waals surface area (Å²) in [6.45, 7) is 2.55. The van der Waals surface area contributed by atoms with Gasteiger partial charge in [-0.2, -0.15) is 0 Å². The lowest BCUT2D eigenvalue weighted by atomic mass is 10.0. The Kier molecular flexibility index (Phi) is 9.57. The molecule has 0 aliphatic carbocycles. The van der Waals surface area contributed by atoms with Gasteiger partial charge in [0.1, 0.15) is 29.4 Å². The van der Waals surface area contributed by atoms with Crippen molar-refractivity contribution in [1.82, 2.24) is 20.1 Å². The zero-order valence-electron chi connectivity index (χ0n) is 21.2. The highest BCUT2D eigenvalue weighted by Crippen LogP contribution is 2.41. The number of aromatic nitrogens is 1. The number of carbonyl (C=O) groups excluding carboxylic acids is 5. The third-order valence-corrected chi connectivity index (χ3v) is 7.15. The van der Waals surface area contributed by atoms with Gasteiger partial charge in [-0.15, -0.1) is 23.1 Å². The van der Waals surface area contributed by atoms with Gasteiger partial charge in [-0.1, -0.05) is 5.16 Å². The molecule has 0 aromatic carbocycles. The number of nitrogen functional groups attached to an aromatic ring is 1. The van der Waals surface area contributed by atoms with Gasteiger partial charge in [-0.25, -0.2) is 19.4 Å². The van der Waals surface area contributed by atoms with Crippen molar-refractivity contribution in [1.29, 1.82) is 0 Å². The molecule has 3 heterocycles. The molecule has 1 aromatic rings. The van der Waals surface area contributed by atoms with Crippen LogP contribution in [-0.4, -0.2) is 107 Å². The fourth-order valence-electron chi connectivity index (χ4n) is 3.40. The van der Waals surface area contributed by atoms with Gasteiger partial charge in [0, 0.05) is 37.7 Å². The molecule has 39 heavy (non-hydrogen) atoms. The summed E-state index contributed by atoms with van der Waals surface area (Å²) in [5.41, 5.74) is 5.17. The van der Waals surface area contributed by atoms with Crippen molar-refractivity contribution < 1.29 is 48.1 Å². The van der Waals surface area contributed by atoms with Crippen LogP contribution in [0.2, 0.25) is 0 Å². The van der Waals surface area contributed by atoms with Crippen molar-refractivity contribution in [3.63, 3.8) is 0 Å². The summed E-state index contributed by atoms with van der Waals surface area (Å²) in [6, 6.07) is -1.10. The number of hydrogen-bond donors (Lipinski definition) is 3. The molecule has 0 bridgehead atoms. The smallest absolute Gasteiger partial charge is 0.445 e. The summed E-state index contributed by atoms with van der Waals surface area (Å²) >= 11 is 2.22. The number of hydrogen-bond acceptors (Lipinski definition) is 15. The summed E-state index contributed by atoms with van der Waals surface area (Å²) in [5, 5.41) is 15.6. The van der Waals surface area contributed by atoms with Crippen LogP contribution in [0.4, 0.5) is 14.7 Å². The highest BCUT2D eigenvalue weighted by atomic mass is 32.2. The molecule has 1 saturated heterocycles. The number of esters is 1. The van der Waals surface area contributed by atoms with E-state index in [9.17, 15) is 29.2 Å². The first-order chi connectivity index (χ1) is 18.5. The van der Waals surface area contributed by atoms with E-state index in [1.165, 1.54) is 43.1 Å². The van der Waals surface area contributed by atoms with Crippen LogP contribution >= 0.6 is 23.1 Å². The Morgan fingerprint density at radius 2 is 2.03 bits per heavy atom. The molecule has 3 atom stereocenters. The highest BCUT2D eigenvalue weighted by Gasteiger charge is 2.55. The molecule has 1 aromatic heterocycles. The molecule has 3 amide bonds. The number of ether oxygens (including phenoxy) is 4. The van der Waals surface area contributed by atoms with Crippen LogP contribution in [0.25, 0.3) is 0 Å². The van der Waals surface area contributed by atoms with E-state index in [0.29, 0.717) is 0 Å². The number of rotatable bonds is 9. The van der Waals surface area contributed by atoms with Gasteiger partial charge < -0.3 is 40.1 Å². The summed E-state index contributed by atoms with van der Waals surface area (Å²) < 4.78 is 19.9. The molecular weight excluding hydrogens is 560 g/mol. The number of nitrogens with zero attached hydrogens (tertiary/aromatic N) is 4. The Hall–Kier alpha value is -4.06. The number of oxime groups is 1. The van der Waals surface area contributed by atoms with Gasteiger partial charge in [0.15, 0.2) is 10.8 Å². The number of carbonyl (C=O) groups is 5. The SMILES string of the molecule is CCOC(=O)OC(C)OC(=O)C1=C(COC(=O)N(C)C)CS[C@@H]2[C@H](NC(=O)/C(=N\O)c3csc(N)n3)C(=O)N12. The van der Waals surface area contributed by atoms with Gasteiger partial charge in [-0.3, -0.25) is 14.5 Å². The van der Waals surface area contributed by atoms with Crippen molar-refractivity contribution in [2.75, 3.05) is 38.8 Å². The van der Waals surface area contributed by atoms with Crippen LogP contribution in [0.5, 0.6) is 0 Å². The molecule has 3 rings (SSSR count). The molecule has 2 aliphatic rings. The molecule has 4 N–H and O–H groups in total. The Balaban J connectivity index is 1.79. The summed E-state index contributed by atoms with van der Waals surface area (Å²) in [4.78, 5) is 68.7. The first-order valence-corrected chi connectivity index (χ1v) is 13.2. The minimum atomic E-state index is -1.37. The summed E-state index contributed by atoms with van der Waals surface area (Å²) in [5.74, 6) is -2.47. The van der Waals surface area contributed by atoms with Gasteiger partial charge in [0.2, 0.25) is 6.29 Å². The second kappa shape index (κ2) is 12.7. The second-order valence-corrected chi connectivity index (χ2v) is 10.1. The number of thiazole rings is 1.